The Bertz CT molecular complexity index is 2240. The minimum Gasteiger partial charge on any atom is -0.497 e. The molecule has 3 N–H and O–H groups in total. The molecule has 14 nitrogen and oxygen atoms in total. The van der Waals surface area contributed by atoms with Crippen LogP contribution in [0.1, 0.15) is 79.6 Å². The first-order chi connectivity index (χ1) is 28.0. The zero-order chi connectivity index (χ0) is 42.3. The molecule has 2 aromatic carbocycles. The highest BCUT2D eigenvalue weighted by Crippen LogP contribution is 2.46. The molecule has 3 fully saturated rings. The van der Waals surface area contributed by atoms with Crippen LogP contribution in [0.25, 0.3) is 22.0 Å². The number of hydrogen-bond donors (Lipinski definition) is 3. The van der Waals surface area contributed by atoms with E-state index in [1.807, 2.05) is 67.6 Å². The van der Waals surface area contributed by atoms with Gasteiger partial charge in [0.05, 0.1) is 24.6 Å². The molecular weight excluding hydrogens is 775 g/mol. The number of alkyl carbamates (subject to hydrolysis) is 1. The molecule has 7 atom stereocenters. The van der Waals surface area contributed by atoms with Gasteiger partial charge in [-0.2, -0.15) is 0 Å². The maximum atomic E-state index is 14.9. The largest absolute Gasteiger partial charge is 0.497 e. The number of fused-ring (bicyclic) bond motifs is 3. The lowest BCUT2D eigenvalue weighted by atomic mass is 9.88. The fourth-order valence-electron chi connectivity index (χ4n) is 8.27. The fourth-order valence-corrected chi connectivity index (χ4v) is 9.63. The molecule has 4 aliphatic rings. The van der Waals surface area contributed by atoms with Crippen LogP contribution in [0.3, 0.4) is 0 Å². The Morgan fingerprint density at radius 3 is 2.44 bits per heavy atom. The van der Waals surface area contributed by atoms with Crippen molar-refractivity contribution in [1.29, 1.82) is 0 Å². The van der Waals surface area contributed by atoms with Gasteiger partial charge >= 0.3 is 6.09 Å². The van der Waals surface area contributed by atoms with Crippen molar-refractivity contribution in [2.45, 2.75) is 114 Å². The summed E-state index contributed by atoms with van der Waals surface area (Å²) >= 11 is 0. The van der Waals surface area contributed by atoms with Gasteiger partial charge in [0.2, 0.25) is 27.7 Å². The smallest absolute Gasteiger partial charge is 0.408 e. The fraction of sp³-hybridized carbons (Fsp3) is 0.523. The van der Waals surface area contributed by atoms with E-state index < -0.39 is 74.3 Å². The lowest BCUT2D eigenvalue weighted by molar-refractivity contribution is -0.142. The quantitative estimate of drug-likeness (QED) is 0.240. The third kappa shape index (κ3) is 9.50. The Labute approximate surface area is 345 Å². The second-order valence-corrected chi connectivity index (χ2v) is 19.6. The molecule has 59 heavy (non-hydrogen) atoms. The molecule has 0 radical (unpaired) electrons. The molecule has 15 heteroatoms. The van der Waals surface area contributed by atoms with Crippen molar-refractivity contribution in [1.82, 2.24) is 25.2 Å². The Morgan fingerprint density at radius 2 is 1.75 bits per heavy atom. The van der Waals surface area contributed by atoms with Crippen molar-refractivity contribution in [3.8, 4) is 22.9 Å². The Kier molecular flexibility index (Phi) is 11.7. The van der Waals surface area contributed by atoms with Gasteiger partial charge in [-0.15, -0.1) is 0 Å². The molecule has 1 saturated heterocycles. The highest BCUT2D eigenvalue weighted by atomic mass is 32.2. The molecule has 2 saturated carbocycles. The predicted octanol–water partition coefficient (Wildman–Crippen LogP) is 5.65. The second-order valence-electron chi connectivity index (χ2n) is 17.6. The van der Waals surface area contributed by atoms with Crippen LogP contribution in [0.2, 0.25) is 0 Å². The summed E-state index contributed by atoms with van der Waals surface area (Å²) < 4.78 is 46.0. The van der Waals surface area contributed by atoms with Crippen molar-refractivity contribution in [3.05, 3.63) is 66.7 Å². The van der Waals surface area contributed by atoms with Gasteiger partial charge in [-0.1, -0.05) is 56.3 Å². The summed E-state index contributed by atoms with van der Waals surface area (Å²) in [6.07, 6.45) is 5.50. The van der Waals surface area contributed by atoms with Gasteiger partial charge in [0, 0.05) is 23.3 Å². The Balaban J connectivity index is 1.26. The Hall–Kier alpha value is -5.18. The number of aromatic nitrogens is 1. The van der Waals surface area contributed by atoms with E-state index in [-0.39, 0.29) is 31.2 Å². The van der Waals surface area contributed by atoms with Crippen LogP contribution < -0.4 is 24.8 Å². The molecule has 1 aromatic heterocycles. The first-order valence-electron chi connectivity index (χ1n) is 20.5. The summed E-state index contributed by atoms with van der Waals surface area (Å²) in [6.45, 7) is 9.15. The van der Waals surface area contributed by atoms with Crippen molar-refractivity contribution in [3.63, 3.8) is 0 Å². The highest BCUT2D eigenvalue weighted by Gasteiger charge is 2.62. The van der Waals surface area contributed by atoms with E-state index >= 15 is 0 Å². The summed E-state index contributed by atoms with van der Waals surface area (Å²) in [5, 5.41) is 6.61. The van der Waals surface area contributed by atoms with E-state index in [0.717, 1.165) is 17.4 Å². The summed E-state index contributed by atoms with van der Waals surface area (Å²) in [5.74, 6) is -1.65. The van der Waals surface area contributed by atoms with Gasteiger partial charge in [-0.25, -0.2) is 18.2 Å². The minimum atomic E-state index is -3.92. The third-order valence-electron chi connectivity index (χ3n) is 11.6. The van der Waals surface area contributed by atoms with E-state index in [1.165, 1.54) is 4.90 Å². The number of carbonyl (C=O) groups excluding carboxylic acids is 4. The minimum absolute atomic E-state index is 0.0228. The standard InChI is InChI=1S/C44H55N5O9S/c1-26-12-10-11-15-30-24-44(30,41(52)48-59(54,55)33-17-18-33)47-38(50)36-23-32(25-49(36)40(51)37(27(2)20-26)46-42(53)58-43(3,4)5)57-39-34-19-16-31(56-6)21-29(34)22-35(45-39)28-13-8-7-9-14-28/h7-9,11,13-16,19,21-22,26-27,30,32-33,36-37H,10,12,17-18,20,23-25H2,1-6H3,(H,46,53)(H,47,50)(H,48,52). The van der Waals surface area contributed by atoms with Crippen LogP contribution in [0.5, 0.6) is 11.6 Å². The van der Waals surface area contributed by atoms with Crippen LogP contribution in [-0.4, -0.2) is 90.3 Å². The van der Waals surface area contributed by atoms with Gasteiger partial charge < -0.3 is 29.7 Å². The molecule has 7 rings (SSSR count). The number of allylic oxidation sites excluding steroid dienone is 1. The number of methoxy groups -OCH3 is 1. The lowest BCUT2D eigenvalue weighted by Gasteiger charge is -2.33. The molecule has 316 valence electrons. The average molecular weight is 830 g/mol. The zero-order valence-corrected chi connectivity index (χ0v) is 35.3. The first kappa shape index (κ1) is 42.0. The summed E-state index contributed by atoms with van der Waals surface area (Å²) in [6, 6.07) is 14.9. The number of pyridine rings is 1. The maximum Gasteiger partial charge on any atom is 0.408 e. The number of ether oxygens (including phenoxy) is 3. The van der Waals surface area contributed by atoms with Gasteiger partial charge in [0.1, 0.15) is 35.1 Å². The number of amides is 4. The molecule has 4 amide bonds. The molecule has 0 spiro atoms. The number of nitrogens with zero attached hydrogens (tertiary/aromatic N) is 2. The zero-order valence-electron chi connectivity index (χ0n) is 34.5. The number of carbonyl (C=O) groups is 4. The monoisotopic (exact) mass is 829 g/mol. The summed E-state index contributed by atoms with van der Waals surface area (Å²) in [4.78, 5) is 63.1. The molecule has 2 aliphatic heterocycles. The van der Waals surface area contributed by atoms with Crippen LogP contribution in [0, 0.1) is 17.8 Å². The van der Waals surface area contributed by atoms with Crippen molar-refractivity contribution < 1.29 is 41.8 Å². The topological polar surface area (TPSA) is 182 Å². The van der Waals surface area contributed by atoms with Crippen LogP contribution in [-0.2, 0) is 29.1 Å². The first-order valence-corrected chi connectivity index (χ1v) is 22.1. The van der Waals surface area contributed by atoms with Crippen LogP contribution >= 0.6 is 0 Å². The number of nitrogens with one attached hydrogen (secondary N) is 3. The van der Waals surface area contributed by atoms with Gasteiger partial charge in [0.25, 0.3) is 5.91 Å². The van der Waals surface area contributed by atoms with Crippen molar-refractivity contribution >= 4 is 44.6 Å². The molecular formula is C44H55N5O9S. The number of sulfonamides is 1. The van der Waals surface area contributed by atoms with E-state index in [4.69, 9.17) is 19.2 Å². The number of rotatable bonds is 8. The van der Waals surface area contributed by atoms with E-state index in [0.29, 0.717) is 48.4 Å². The normalized spacial score (nSPS) is 27.7. The van der Waals surface area contributed by atoms with Crippen LogP contribution in [0.4, 0.5) is 4.79 Å². The summed E-state index contributed by atoms with van der Waals surface area (Å²) in [5.41, 5.74) is -0.858. The van der Waals surface area contributed by atoms with Crippen LogP contribution in [0.15, 0.2) is 66.7 Å². The molecule has 3 aromatic rings. The van der Waals surface area contributed by atoms with Crippen molar-refractivity contribution in [2.24, 2.45) is 17.8 Å². The number of hydrogen-bond acceptors (Lipinski definition) is 10. The van der Waals surface area contributed by atoms with E-state index in [9.17, 15) is 27.6 Å². The highest BCUT2D eigenvalue weighted by molar-refractivity contribution is 7.91. The average Bonchev–Trinajstić information content (AvgIpc) is 4.11. The predicted molar refractivity (Wildman–Crippen MR) is 222 cm³/mol. The number of benzene rings is 2. The van der Waals surface area contributed by atoms with Gasteiger partial charge in [-0.3, -0.25) is 19.1 Å². The van der Waals surface area contributed by atoms with Gasteiger partial charge in [-0.05, 0) is 101 Å². The molecule has 7 unspecified atom stereocenters. The summed E-state index contributed by atoms with van der Waals surface area (Å²) in [7, 11) is -2.33. The van der Waals surface area contributed by atoms with Crippen molar-refractivity contribution in [2.75, 3.05) is 13.7 Å². The third-order valence-corrected chi connectivity index (χ3v) is 13.5. The second kappa shape index (κ2) is 16.5. The SMILES string of the molecule is COc1ccc2c(OC3CC4C(=O)NC5(C(=O)NS(=O)(=O)C6CC6)CC5C=CCCC(C)CC(C)C(NC(=O)OC(C)(C)C)C(=O)N4C3)nc(-c3ccccc3)cc2c1. The van der Waals surface area contributed by atoms with E-state index in [1.54, 1.807) is 33.9 Å². The molecule has 0 bridgehead atoms. The molecule has 3 heterocycles. The molecule has 2 aliphatic carbocycles. The Morgan fingerprint density at radius 1 is 1.00 bits per heavy atom. The van der Waals surface area contributed by atoms with E-state index in [2.05, 4.69) is 22.3 Å². The lowest BCUT2D eigenvalue weighted by Crippen LogP contribution is -2.59. The maximum absolute atomic E-state index is 14.9. The van der Waals surface area contributed by atoms with Gasteiger partial charge in [0.15, 0.2) is 0 Å².